The molecule has 5 nitrogen and oxygen atoms in total. The molecule has 1 aromatic carbocycles. The molecule has 0 aromatic heterocycles. The standard InChI is InChI=1S/C10H13NO4/c11-7-5-9-10(15-4-3-14-9)6-8(7)13-2-1-12/h5-6,12H,1-4,11H2. The number of hydrogen-bond acceptors (Lipinski definition) is 5. The first-order valence-electron chi connectivity index (χ1n) is 4.74. The highest BCUT2D eigenvalue weighted by molar-refractivity contribution is 5.62. The largest absolute Gasteiger partial charge is 0.489 e. The van der Waals surface area contributed by atoms with Gasteiger partial charge in [-0.1, -0.05) is 0 Å². The van der Waals surface area contributed by atoms with Gasteiger partial charge in [0.1, 0.15) is 25.6 Å². The van der Waals surface area contributed by atoms with Crippen LogP contribution in [0.3, 0.4) is 0 Å². The quantitative estimate of drug-likeness (QED) is 0.708. The topological polar surface area (TPSA) is 73.9 Å². The van der Waals surface area contributed by atoms with E-state index in [-0.39, 0.29) is 13.2 Å². The summed E-state index contributed by atoms with van der Waals surface area (Å²) in [5, 5.41) is 8.64. The van der Waals surface area contributed by atoms with Gasteiger partial charge in [0, 0.05) is 12.1 Å². The molecule has 0 aliphatic carbocycles. The highest BCUT2D eigenvalue weighted by Gasteiger charge is 2.15. The van der Waals surface area contributed by atoms with Crippen LogP contribution in [0.1, 0.15) is 0 Å². The Bertz CT molecular complexity index is 354. The first kappa shape index (κ1) is 9.92. The summed E-state index contributed by atoms with van der Waals surface area (Å²) in [4.78, 5) is 0. The second kappa shape index (κ2) is 4.27. The number of nitrogens with two attached hydrogens (primary N) is 1. The minimum Gasteiger partial charge on any atom is -0.489 e. The fourth-order valence-corrected chi connectivity index (χ4v) is 1.37. The predicted molar refractivity (Wildman–Crippen MR) is 54.4 cm³/mol. The van der Waals surface area contributed by atoms with Crippen LogP contribution < -0.4 is 19.9 Å². The van der Waals surface area contributed by atoms with Gasteiger partial charge in [0.15, 0.2) is 11.5 Å². The van der Waals surface area contributed by atoms with Gasteiger partial charge in [0.25, 0.3) is 0 Å². The molecular formula is C10H13NO4. The van der Waals surface area contributed by atoms with Crippen molar-refractivity contribution in [2.45, 2.75) is 0 Å². The molecule has 0 saturated carbocycles. The van der Waals surface area contributed by atoms with Gasteiger partial charge >= 0.3 is 0 Å². The molecule has 0 saturated heterocycles. The van der Waals surface area contributed by atoms with Gasteiger partial charge in [-0.05, 0) is 0 Å². The molecule has 1 aliphatic heterocycles. The molecule has 0 bridgehead atoms. The van der Waals surface area contributed by atoms with Gasteiger partial charge < -0.3 is 25.1 Å². The third kappa shape index (κ3) is 2.07. The Morgan fingerprint density at radius 3 is 2.60 bits per heavy atom. The Balaban J connectivity index is 2.24. The smallest absolute Gasteiger partial charge is 0.165 e. The van der Waals surface area contributed by atoms with Crippen LogP contribution in [0.25, 0.3) is 0 Å². The third-order valence-corrected chi connectivity index (χ3v) is 2.02. The zero-order valence-electron chi connectivity index (χ0n) is 8.23. The predicted octanol–water partition coefficient (Wildman–Crippen LogP) is 0.411. The van der Waals surface area contributed by atoms with Crippen molar-refractivity contribution in [3.63, 3.8) is 0 Å². The molecule has 82 valence electrons. The summed E-state index contributed by atoms with van der Waals surface area (Å²) in [5.41, 5.74) is 6.22. The normalized spacial score (nSPS) is 13.7. The SMILES string of the molecule is Nc1cc2c(cc1OCCO)OCCO2. The van der Waals surface area contributed by atoms with E-state index < -0.39 is 0 Å². The second-order valence-electron chi connectivity index (χ2n) is 3.11. The lowest BCUT2D eigenvalue weighted by Gasteiger charge is -2.20. The zero-order valence-corrected chi connectivity index (χ0v) is 8.23. The van der Waals surface area contributed by atoms with Crippen molar-refractivity contribution in [1.82, 2.24) is 0 Å². The maximum Gasteiger partial charge on any atom is 0.165 e. The van der Waals surface area contributed by atoms with Crippen LogP contribution in [-0.4, -0.2) is 31.5 Å². The first-order chi connectivity index (χ1) is 7.31. The average molecular weight is 211 g/mol. The first-order valence-corrected chi connectivity index (χ1v) is 4.74. The van der Waals surface area contributed by atoms with Gasteiger partial charge in [-0.15, -0.1) is 0 Å². The van der Waals surface area contributed by atoms with E-state index in [2.05, 4.69) is 0 Å². The van der Waals surface area contributed by atoms with Gasteiger partial charge in [-0.3, -0.25) is 0 Å². The number of ether oxygens (including phenoxy) is 3. The number of nitrogen functional groups attached to an aromatic ring is 1. The zero-order chi connectivity index (χ0) is 10.7. The van der Waals surface area contributed by atoms with Crippen LogP contribution in [0, 0.1) is 0 Å². The molecule has 2 rings (SSSR count). The molecule has 1 aliphatic rings. The van der Waals surface area contributed by atoms with Crippen LogP contribution in [-0.2, 0) is 0 Å². The van der Waals surface area contributed by atoms with E-state index >= 15 is 0 Å². The Hall–Kier alpha value is -1.62. The highest BCUT2D eigenvalue weighted by atomic mass is 16.6. The molecule has 1 heterocycles. The number of benzene rings is 1. The van der Waals surface area contributed by atoms with E-state index in [4.69, 9.17) is 25.1 Å². The van der Waals surface area contributed by atoms with Gasteiger partial charge in [-0.25, -0.2) is 0 Å². The van der Waals surface area contributed by atoms with Crippen molar-refractivity contribution in [2.75, 3.05) is 32.2 Å². The van der Waals surface area contributed by atoms with Crippen molar-refractivity contribution in [3.8, 4) is 17.2 Å². The Labute approximate surface area is 87.4 Å². The average Bonchev–Trinajstić information content (AvgIpc) is 2.26. The lowest BCUT2D eigenvalue weighted by atomic mass is 10.2. The van der Waals surface area contributed by atoms with Crippen molar-refractivity contribution in [3.05, 3.63) is 12.1 Å². The van der Waals surface area contributed by atoms with Crippen LogP contribution in [0.5, 0.6) is 17.2 Å². The summed E-state index contributed by atoms with van der Waals surface area (Å²) in [6.45, 7) is 1.22. The number of hydrogen-bond donors (Lipinski definition) is 2. The van der Waals surface area contributed by atoms with E-state index in [0.717, 1.165) is 0 Å². The Kier molecular flexibility index (Phi) is 2.82. The van der Waals surface area contributed by atoms with Crippen LogP contribution in [0.2, 0.25) is 0 Å². The van der Waals surface area contributed by atoms with Crippen molar-refractivity contribution >= 4 is 5.69 Å². The van der Waals surface area contributed by atoms with E-state index in [0.29, 0.717) is 36.1 Å². The number of rotatable bonds is 3. The Morgan fingerprint density at radius 2 is 1.93 bits per heavy atom. The van der Waals surface area contributed by atoms with Crippen LogP contribution in [0.4, 0.5) is 5.69 Å². The fraction of sp³-hybridized carbons (Fsp3) is 0.400. The minimum atomic E-state index is -0.0477. The summed E-state index contributed by atoms with van der Waals surface area (Å²) >= 11 is 0. The summed E-state index contributed by atoms with van der Waals surface area (Å²) in [6.07, 6.45) is 0. The molecule has 0 spiro atoms. The summed E-state index contributed by atoms with van der Waals surface area (Å²) in [5.74, 6) is 1.77. The molecule has 15 heavy (non-hydrogen) atoms. The molecule has 3 N–H and O–H groups in total. The van der Waals surface area contributed by atoms with Crippen molar-refractivity contribution in [1.29, 1.82) is 0 Å². The second-order valence-corrected chi connectivity index (χ2v) is 3.11. The number of fused-ring (bicyclic) bond motifs is 1. The van der Waals surface area contributed by atoms with Crippen molar-refractivity contribution in [2.24, 2.45) is 0 Å². The molecule has 5 heteroatoms. The third-order valence-electron chi connectivity index (χ3n) is 2.02. The summed E-state index contributed by atoms with van der Waals surface area (Å²) < 4.78 is 16.0. The minimum absolute atomic E-state index is 0.0477. The van der Waals surface area contributed by atoms with E-state index in [1.807, 2.05) is 0 Å². The van der Waals surface area contributed by atoms with Gasteiger partial charge in [0.2, 0.25) is 0 Å². The molecule has 0 amide bonds. The number of aliphatic hydroxyl groups is 1. The summed E-state index contributed by atoms with van der Waals surface area (Å²) in [7, 11) is 0. The molecule has 0 unspecified atom stereocenters. The number of anilines is 1. The fourth-order valence-electron chi connectivity index (χ4n) is 1.37. The molecule has 1 aromatic rings. The summed E-state index contributed by atoms with van der Waals surface area (Å²) in [6, 6.07) is 3.35. The maximum atomic E-state index is 8.64. The lowest BCUT2D eigenvalue weighted by molar-refractivity contribution is 0.169. The molecular weight excluding hydrogens is 198 g/mol. The van der Waals surface area contributed by atoms with Gasteiger partial charge in [0.05, 0.1) is 12.3 Å². The van der Waals surface area contributed by atoms with Gasteiger partial charge in [-0.2, -0.15) is 0 Å². The molecule has 0 fully saturated rings. The van der Waals surface area contributed by atoms with Crippen LogP contribution in [0.15, 0.2) is 12.1 Å². The van der Waals surface area contributed by atoms with E-state index in [1.165, 1.54) is 0 Å². The maximum absolute atomic E-state index is 8.64. The van der Waals surface area contributed by atoms with Crippen LogP contribution >= 0.6 is 0 Å². The lowest BCUT2D eigenvalue weighted by Crippen LogP contribution is -2.16. The highest BCUT2D eigenvalue weighted by Crippen LogP contribution is 2.38. The van der Waals surface area contributed by atoms with E-state index in [9.17, 15) is 0 Å². The van der Waals surface area contributed by atoms with E-state index in [1.54, 1.807) is 12.1 Å². The monoisotopic (exact) mass is 211 g/mol. The Morgan fingerprint density at radius 1 is 1.27 bits per heavy atom. The van der Waals surface area contributed by atoms with Crippen molar-refractivity contribution < 1.29 is 19.3 Å². The number of aliphatic hydroxyl groups excluding tert-OH is 1. The molecule has 0 atom stereocenters. The molecule has 0 radical (unpaired) electrons.